The van der Waals surface area contributed by atoms with Gasteiger partial charge >= 0.3 is 0 Å². The lowest BCUT2D eigenvalue weighted by molar-refractivity contribution is 0.0231. The molecule has 0 amide bonds. The van der Waals surface area contributed by atoms with Crippen molar-refractivity contribution < 1.29 is 27.8 Å². The molecule has 0 aliphatic heterocycles. The zero-order valence-electron chi connectivity index (χ0n) is 15.9. The van der Waals surface area contributed by atoms with E-state index in [2.05, 4.69) is 0 Å². The van der Waals surface area contributed by atoms with Crippen LogP contribution in [0.15, 0.2) is 48.5 Å². The summed E-state index contributed by atoms with van der Waals surface area (Å²) in [5.74, 6) is 0.877. The van der Waals surface area contributed by atoms with Crippen LogP contribution in [0.5, 0.6) is 11.5 Å². The molecule has 0 saturated carbocycles. The Kier molecular flexibility index (Phi) is 7.61. The summed E-state index contributed by atoms with van der Waals surface area (Å²) in [4.78, 5) is 0. The van der Waals surface area contributed by atoms with Crippen molar-refractivity contribution in [2.45, 2.75) is 50.5 Å². The summed E-state index contributed by atoms with van der Waals surface area (Å²) < 4.78 is 47.8. The minimum absolute atomic E-state index is 0.331. The van der Waals surface area contributed by atoms with E-state index in [4.69, 9.17) is 21.1 Å². The summed E-state index contributed by atoms with van der Waals surface area (Å²) in [6.45, 7) is 4.93. The number of aliphatic hydroxyl groups excluding tert-OH is 1. The molecule has 3 nitrogen and oxygen atoms in total. The fourth-order valence-electron chi connectivity index (χ4n) is 2.56. The molecule has 0 spiro atoms. The van der Waals surface area contributed by atoms with E-state index < -0.39 is 30.9 Å². The van der Waals surface area contributed by atoms with Crippen LogP contribution in [-0.2, 0) is 5.41 Å². The molecule has 0 heterocycles. The number of halogens is 4. The van der Waals surface area contributed by atoms with Crippen LogP contribution in [0.2, 0.25) is 0 Å². The first-order valence-corrected chi connectivity index (χ1v) is 9.30. The van der Waals surface area contributed by atoms with Crippen molar-refractivity contribution in [1.29, 1.82) is 0 Å². The molecule has 2 unspecified atom stereocenters. The summed E-state index contributed by atoms with van der Waals surface area (Å²) in [6, 6.07) is 14.3. The predicted octanol–water partition coefficient (Wildman–Crippen LogP) is 5.32. The second-order valence-electron chi connectivity index (χ2n) is 7.04. The third kappa shape index (κ3) is 5.79. The highest BCUT2D eigenvalue weighted by Gasteiger charge is 2.24. The van der Waals surface area contributed by atoms with Gasteiger partial charge in [-0.15, -0.1) is 0 Å². The van der Waals surface area contributed by atoms with Crippen LogP contribution in [0.4, 0.5) is 13.2 Å². The van der Waals surface area contributed by atoms with Gasteiger partial charge in [0.05, 0.1) is 0 Å². The second-order valence-corrected chi connectivity index (χ2v) is 7.47. The molecule has 2 aromatic carbocycles. The normalized spacial score (nSPS) is 15.2. The largest absolute Gasteiger partial charge is 0.490 e. The maximum atomic E-state index is 12.9. The van der Waals surface area contributed by atoms with E-state index in [1.807, 2.05) is 38.1 Å². The minimum atomic E-state index is -3.06. The average Bonchev–Trinajstić information content (AvgIpc) is 2.66. The molecule has 3 atom stereocenters. The van der Waals surface area contributed by atoms with E-state index in [1.54, 1.807) is 31.2 Å². The van der Waals surface area contributed by atoms with Gasteiger partial charge in [0.2, 0.25) is 0 Å². The molecular formula is C21H24ClF3O3. The Morgan fingerprint density at radius 3 is 1.82 bits per heavy atom. The highest BCUT2D eigenvalue weighted by atomic mass is 35.5. The van der Waals surface area contributed by atoms with E-state index in [1.165, 1.54) is 0 Å². The molecule has 0 bridgehead atoms. The van der Waals surface area contributed by atoms with Gasteiger partial charge in [-0.3, -0.25) is 0 Å². The van der Waals surface area contributed by atoms with Gasteiger partial charge in [-0.05, 0) is 42.3 Å². The first kappa shape index (κ1) is 22.4. The molecule has 0 saturated heterocycles. The molecule has 0 aliphatic rings. The van der Waals surface area contributed by atoms with Crippen LogP contribution in [0.3, 0.4) is 0 Å². The topological polar surface area (TPSA) is 38.7 Å². The molecule has 0 radical (unpaired) electrons. The Labute approximate surface area is 168 Å². The van der Waals surface area contributed by atoms with Crippen molar-refractivity contribution in [1.82, 2.24) is 0 Å². The third-order valence-electron chi connectivity index (χ3n) is 4.46. The average molecular weight is 417 g/mol. The van der Waals surface area contributed by atoms with Crippen LogP contribution >= 0.6 is 11.6 Å². The SMILES string of the molecule is CC(O)C(Cl)Oc1ccc(C(C)(C)c2ccc(OC[C@@H](F)C(F)F)cc2)cc1. The summed E-state index contributed by atoms with van der Waals surface area (Å²) in [5, 5.41) is 9.41. The number of rotatable bonds is 9. The highest BCUT2D eigenvalue weighted by molar-refractivity contribution is 6.20. The quantitative estimate of drug-likeness (QED) is 0.562. The predicted molar refractivity (Wildman–Crippen MR) is 103 cm³/mol. The Morgan fingerprint density at radius 1 is 0.929 bits per heavy atom. The lowest BCUT2D eigenvalue weighted by Crippen LogP contribution is -2.23. The summed E-state index contributed by atoms with van der Waals surface area (Å²) in [6.07, 6.45) is -6.16. The van der Waals surface area contributed by atoms with Crippen LogP contribution < -0.4 is 9.47 Å². The molecular weight excluding hydrogens is 393 g/mol. The number of hydrogen-bond donors (Lipinski definition) is 1. The van der Waals surface area contributed by atoms with Crippen molar-refractivity contribution in [2.24, 2.45) is 0 Å². The lowest BCUT2D eigenvalue weighted by Gasteiger charge is -2.27. The molecule has 28 heavy (non-hydrogen) atoms. The molecule has 154 valence electrons. The Morgan fingerprint density at radius 2 is 1.39 bits per heavy atom. The Bertz CT molecular complexity index is 734. The van der Waals surface area contributed by atoms with Crippen molar-refractivity contribution in [3.8, 4) is 11.5 Å². The molecule has 2 aromatic rings. The van der Waals surface area contributed by atoms with Gasteiger partial charge in [0.25, 0.3) is 6.43 Å². The van der Waals surface area contributed by atoms with E-state index >= 15 is 0 Å². The monoisotopic (exact) mass is 416 g/mol. The first-order valence-electron chi connectivity index (χ1n) is 8.86. The van der Waals surface area contributed by atoms with Crippen molar-refractivity contribution in [2.75, 3.05) is 6.61 Å². The minimum Gasteiger partial charge on any atom is -0.490 e. The number of hydrogen-bond acceptors (Lipinski definition) is 3. The van der Waals surface area contributed by atoms with Crippen LogP contribution in [0, 0.1) is 0 Å². The zero-order valence-corrected chi connectivity index (χ0v) is 16.7. The van der Waals surface area contributed by atoms with Gasteiger partial charge in [-0.25, -0.2) is 13.2 Å². The van der Waals surface area contributed by atoms with Crippen molar-refractivity contribution in [3.05, 3.63) is 59.7 Å². The van der Waals surface area contributed by atoms with Crippen molar-refractivity contribution in [3.63, 3.8) is 0 Å². The van der Waals surface area contributed by atoms with E-state index in [9.17, 15) is 18.3 Å². The van der Waals surface area contributed by atoms with Gasteiger partial charge in [-0.2, -0.15) is 0 Å². The zero-order chi connectivity index (χ0) is 20.9. The van der Waals surface area contributed by atoms with Gasteiger partial charge < -0.3 is 14.6 Å². The van der Waals surface area contributed by atoms with Gasteiger partial charge in [0.15, 0.2) is 11.7 Å². The number of alkyl halides is 4. The molecule has 0 fully saturated rings. The van der Waals surface area contributed by atoms with Gasteiger partial charge in [-0.1, -0.05) is 49.7 Å². The molecule has 0 aliphatic carbocycles. The number of ether oxygens (including phenoxy) is 2. The first-order chi connectivity index (χ1) is 13.1. The second kappa shape index (κ2) is 9.52. The summed E-state index contributed by atoms with van der Waals surface area (Å²) in [7, 11) is 0. The number of benzene rings is 2. The van der Waals surface area contributed by atoms with Crippen molar-refractivity contribution >= 4 is 11.6 Å². The highest BCUT2D eigenvalue weighted by Crippen LogP contribution is 2.33. The maximum Gasteiger partial charge on any atom is 0.272 e. The molecule has 0 aromatic heterocycles. The molecule has 1 N–H and O–H groups in total. The van der Waals surface area contributed by atoms with E-state index in [0.717, 1.165) is 11.1 Å². The maximum absolute atomic E-state index is 12.9. The van der Waals surface area contributed by atoms with Gasteiger partial charge in [0.1, 0.15) is 24.2 Å². The fraction of sp³-hybridized carbons (Fsp3) is 0.429. The molecule has 2 rings (SSSR count). The van der Waals surface area contributed by atoms with Crippen LogP contribution in [-0.4, -0.2) is 36.0 Å². The smallest absolute Gasteiger partial charge is 0.272 e. The number of aliphatic hydroxyl groups is 1. The third-order valence-corrected chi connectivity index (χ3v) is 4.92. The van der Waals surface area contributed by atoms with Crippen LogP contribution in [0.1, 0.15) is 31.9 Å². The Hall–Kier alpha value is -1.92. The standard InChI is InChI=1S/C21H24ClF3O3/c1-13(26)19(22)28-17-10-6-15(7-11-17)21(2,3)14-4-8-16(9-5-14)27-12-18(23)20(24)25/h4-11,13,18-20,26H,12H2,1-3H3/t13?,18-,19?/m1/s1. The molecule has 7 heteroatoms. The summed E-state index contributed by atoms with van der Waals surface area (Å²) >= 11 is 5.90. The fourth-order valence-corrected chi connectivity index (χ4v) is 2.66. The summed E-state index contributed by atoms with van der Waals surface area (Å²) in [5.41, 5.74) is 0.796. The Balaban J connectivity index is 2.07. The van der Waals surface area contributed by atoms with Gasteiger partial charge in [0, 0.05) is 5.41 Å². The lowest BCUT2D eigenvalue weighted by atomic mass is 9.78. The van der Waals surface area contributed by atoms with E-state index in [0.29, 0.717) is 11.5 Å². The van der Waals surface area contributed by atoms with E-state index in [-0.39, 0.29) is 5.41 Å². The van der Waals surface area contributed by atoms with Crippen LogP contribution in [0.25, 0.3) is 0 Å².